The molecule has 0 saturated heterocycles. The zero-order chi connectivity index (χ0) is 34.6. The minimum atomic E-state index is -0.315. The fourth-order valence-electron chi connectivity index (χ4n) is 8.64. The molecule has 0 bridgehead atoms. The second kappa shape index (κ2) is 10.9. The summed E-state index contributed by atoms with van der Waals surface area (Å²) >= 11 is 1.92. The van der Waals surface area contributed by atoms with Crippen LogP contribution in [0.25, 0.3) is 85.5 Å². The van der Waals surface area contributed by atoms with Gasteiger partial charge in [-0.2, -0.15) is 0 Å². The van der Waals surface area contributed by atoms with Crippen molar-refractivity contribution in [2.24, 2.45) is 4.99 Å². The van der Waals surface area contributed by atoms with Gasteiger partial charge in [0.1, 0.15) is 5.58 Å². The van der Waals surface area contributed by atoms with E-state index in [1.807, 2.05) is 35.6 Å². The van der Waals surface area contributed by atoms with Gasteiger partial charge in [0.05, 0.1) is 16.7 Å². The van der Waals surface area contributed by atoms with Crippen LogP contribution >= 0.6 is 11.3 Å². The molecule has 0 amide bonds. The molecule has 0 spiro atoms. The van der Waals surface area contributed by atoms with Crippen LogP contribution < -0.4 is 0 Å². The molecule has 3 aromatic heterocycles. The Hall–Kier alpha value is -6.69. The lowest BCUT2D eigenvalue weighted by molar-refractivity contribution is 0.631. The Labute approximate surface area is 307 Å². The smallest absolute Gasteiger partial charge is 0.134 e. The molecule has 0 N–H and O–H groups in total. The van der Waals surface area contributed by atoms with Crippen LogP contribution in [0.4, 0.5) is 11.6 Å². The number of fused-ring (bicyclic) bond motifs is 15. The van der Waals surface area contributed by atoms with Gasteiger partial charge in [0.15, 0.2) is 0 Å². The number of benzene rings is 8. The second-order valence-electron chi connectivity index (χ2n) is 13.8. The predicted octanol–water partition coefficient (Wildman–Crippen LogP) is 14.1. The van der Waals surface area contributed by atoms with Gasteiger partial charge in [-0.05, 0) is 52.7 Å². The van der Waals surface area contributed by atoms with E-state index in [4.69, 9.17) is 14.7 Å². The first-order chi connectivity index (χ1) is 26.3. The molecule has 5 heteroatoms. The van der Waals surface area contributed by atoms with Crippen molar-refractivity contribution in [2.75, 3.05) is 0 Å². The molecular weight excluding hydrogens is 667 g/mol. The van der Waals surface area contributed by atoms with Gasteiger partial charge >= 0.3 is 0 Å². The normalized spacial score (nSPS) is 14.5. The summed E-state index contributed by atoms with van der Waals surface area (Å²) in [6.45, 7) is 0. The summed E-state index contributed by atoms with van der Waals surface area (Å²) in [6.07, 6.45) is 0. The number of nitrogens with zero attached hydrogens (tertiary/aromatic N) is 3. The maximum atomic E-state index is 6.25. The number of aliphatic imine (C=N–C) groups is 1. The SMILES string of the molecule is c1ccc(C2[N-]c3oc4ccccc4c3N=C2c2cccc(-n3c4ccccc4c4c5c6ccc7ccccc7c6sc5c5ccccc5c43)c2)cc1. The molecule has 0 radical (unpaired) electrons. The highest BCUT2D eigenvalue weighted by atomic mass is 32.1. The van der Waals surface area contributed by atoms with Crippen molar-refractivity contribution in [3.63, 3.8) is 0 Å². The minimum Gasteiger partial charge on any atom is -0.640 e. The molecule has 4 nitrogen and oxygen atoms in total. The molecule has 0 fully saturated rings. The van der Waals surface area contributed by atoms with Crippen LogP contribution in [0.2, 0.25) is 0 Å². The summed E-state index contributed by atoms with van der Waals surface area (Å²) in [5.74, 6) is 0.577. The van der Waals surface area contributed by atoms with Crippen LogP contribution in [-0.4, -0.2) is 10.3 Å². The lowest BCUT2D eigenvalue weighted by Gasteiger charge is -2.36. The van der Waals surface area contributed by atoms with E-state index in [0.29, 0.717) is 5.88 Å². The second-order valence-corrected chi connectivity index (χ2v) is 14.9. The first-order valence-electron chi connectivity index (χ1n) is 17.9. The molecule has 1 unspecified atom stereocenters. The maximum absolute atomic E-state index is 6.25. The van der Waals surface area contributed by atoms with E-state index < -0.39 is 0 Å². The summed E-state index contributed by atoms with van der Waals surface area (Å²) in [4.78, 5) is 5.37. The highest BCUT2D eigenvalue weighted by Crippen LogP contribution is 2.52. The minimum absolute atomic E-state index is 0.315. The van der Waals surface area contributed by atoms with E-state index in [-0.39, 0.29) is 6.04 Å². The summed E-state index contributed by atoms with van der Waals surface area (Å²) in [7, 11) is 0. The van der Waals surface area contributed by atoms with E-state index in [2.05, 4.69) is 144 Å². The fraction of sp³-hybridized carbons (Fsp3) is 0.0208. The molecule has 0 aliphatic carbocycles. The molecule has 1 aliphatic heterocycles. The number of hydrogen-bond donors (Lipinski definition) is 0. The number of para-hydroxylation sites is 2. The van der Waals surface area contributed by atoms with Crippen molar-refractivity contribution >= 4 is 103 Å². The molecule has 1 aliphatic rings. The molecule has 4 heterocycles. The standard InChI is InChI=1S/C48H28N3OS/c1-2-14-29(15-3-1)42-43(49-44-36-22-9-11-24-39(36)52-48(44)50-42)30-16-12-17-31(27-30)51-38-23-10-8-21-35(38)40-41-37-26-25-28-13-4-5-18-32(28)46(37)53-47(41)34-20-7-6-19-33(34)45(40)51/h1-27,42H/q-1. The summed E-state index contributed by atoms with van der Waals surface area (Å²) in [6, 6.07) is 58.2. The number of rotatable bonds is 3. The van der Waals surface area contributed by atoms with Crippen molar-refractivity contribution in [1.82, 2.24) is 4.57 Å². The predicted molar refractivity (Wildman–Crippen MR) is 223 cm³/mol. The number of furan rings is 1. The highest BCUT2D eigenvalue weighted by molar-refractivity contribution is 7.27. The van der Waals surface area contributed by atoms with Crippen LogP contribution in [0.3, 0.4) is 0 Å². The van der Waals surface area contributed by atoms with Gasteiger partial charge in [0.2, 0.25) is 0 Å². The van der Waals surface area contributed by atoms with E-state index in [1.54, 1.807) is 0 Å². The van der Waals surface area contributed by atoms with Crippen LogP contribution in [0.5, 0.6) is 0 Å². The lowest BCUT2D eigenvalue weighted by atomic mass is 9.94. The third-order valence-electron chi connectivity index (χ3n) is 10.9. The van der Waals surface area contributed by atoms with Crippen molar-refractivity contribution in [3.8, 4) is 5.69 Å². The van der Waals surface area contributed by atoms with Gasteiger partial charge in [-0.15, -0.1) is 11.3 Å². The van der Waals surface area contributed by atoms with Crippen molar-refractivity contribution < 1.29 is 4.42 Å². The number of hydrogen-bond acceptors (Lipinski definition) is 3. The van der Waals surface area contributed by atoms with Crippen LogP contribution in [-0.2, 0) is 0 Å². The monoisotopic (exact) mass is 694 g/mol. The fourth-order valence-corrected chi connectivity index (χ4v) is 10.0. The van der Waals surface area contributed by atoms with Gasteiger partial charge in [0.25, 0.3) is 0 Å². The Kier molecular flexibility index (Phi) is 5.96. The van der Waals surface area contributed by atoms with Crippen LogP contribution in [0, 0.1) is 0 Å². The first kappa shape index (κ1) is 28.9. The van der Waals surface area contributed by atoms with E-state index in [9.17, 15) is 0 Å². The highest BCUT2D eigenvalue weighted by Gasteiger charge is 2.25. The molecule has 11 aromatic rings. The number of aromatic nitrogens is 1. The van der Waals surface area contributed by atoms with Gasteiger partial charge in [0, 0.05) is 64.4 Å². The molecule has 8 aromatic carbocycles. The largest absolute Gasteiger partial charge is 0.640 e. The summed E-state index contributed by atoms with van der Waals surface area (Å²) in [5, 5.41) is 16.5. The molecule has 1 atom stereocenters. The molecule has 53 heavy (non-hydrogen) atoms. The molecule has 0 saturated carbocycles. The van der Waals surface area contributed by atoms with Crippen LogP contribution in [0.1, 0.15) is 17.2 Å². The molecule has 248 valence electrons. The Bertz CT molecular complexity index is 3330. The summed E-state index contributed by atoms with van der Waals surface area (Å²) < 4.78 is 11.4. The average molecular weight is 695 g/mol. The van der Waals surface area contributed by atoms with Crippen LogP contribution in [0.15, 0.2) is 173 Å². The topological polar surface area (TPSA) is 44.5 Å². The summed E-state index contributed by atoms with van der Waals surface area (Å²) in [5.41, 5.74) is 8.07. The average Bonchev–Trinajstić information content (AvgIpc) is 3.91. The maximum Gasteiger partial charge on any atom is 0.134 e. The lowest BCUT2D eigenvalue weighted by Crippen LogP contribution is -2.15. The van der Waals surface area contributed by atoms with E-state index in [0.717, 1.165) is 39.2 Å². The Morgan fingerprint density at radius 3 is 2.19 bits per heavy atom. The molecular formula is C48H28N3OS-. The zero-order valence-electron chi connectivity index (χ0n) is 28.3. The number of thiophene rings is 1. The Morgan fingerprint density at radius 2 is 1.30 bits per heavy atom. The Balaban J connectivity index is 1.17. The van der Waals surface area contributed by atoms with Gasteiger partial charge in [-0.1, -0.05) is 139 Å². The van der Waals surface area contributed by atoms with Gasteiger partial charge in [-0.3, -0.25) is 4.99 Å². The van der Waals surface area contributed by atoms with Crippen molar-refractivity contribution in [2.45, 2.75) is 6.04 Å². The third-order valence-corrected chi connectivity index (χ3v) is 12.2. The first-order valence-corrected chi connectivity index (χ1v) is 18.8. The van der Waals surface area contributed by atoms with Crippen molar-refractivity contribution in [3.05, 3.63) is 180 Å². The molecule has 12 rings (SSSR count). The van der Waals surface area contributed by atoms with Crippen molar-refractivity contribution in [1.29, 1.82) is 0 Å². The van der Waals surface area contributed by atoms with Gasteiger partial charge in [-0.25, -0.2) is 0 Å². The third kappa shape index (κ3) is 4.08. The van der Waals surface area contributed by atoms with E-state index in [1.165, 1.54) is 63.5 Å². The quantitative estimate of drug-likeness (QED) is 0.182. The Morgan fingerprint density at radius 1 is 0.566 bits per heavy atom. The zero-order valence-corrected chi connectivity index (χ0v) is 29.1. The van der Waals surface area contributed by atoms with Gasteiger partial charge < -0.3 is 14.3 Å². The van der Waals surface area contributed by atoms with E-state index >= 15 is 0 Å².